The maximum absolute atomic E-state index is 12.7. The van der Waals surface area contributed by atoms with Crippen LogP contribution in [0.15, 0.2) is 60.7 Å². The van der Waals surface area contributed by atoms with Crippen molar-refractivity contribution in [1.29, 1.82) is 0 Å². The molecule has 0 atom stereocenters. The van der Waals surface area contributed by atoms with E-state index in [-0.39, 0.29) is 0 Å². The van der Waals surface area contributed by atoms with Gasteiger partial charge in [0.15, 0.2) is 5.69 Å². The molecule has 5 nitrogen and oxygen atoms in total. The van der Waals surface area contributed by atoms with E-state index in [1.54, 1.807) is 36.1 Å². The molecular weight excluding hydrogens is 316 g/mol. The highest BCUT2D eigenvalue weighted by atomic mass is 16.5. The van der Waals surface area contributed by atoms with Crippen molar-refractivity contribution in [2.45, 2.75) is 18.8 Å². The van der Waals surface area contributed by atoms with Gasteiger partial charge >= 0.3 is 5.97 Å². The lowest BCUT2D eigenvalue weighted by atomic mass is 10.2. The predicted molar refractivity (Wildman–Crippen MR) is 93.5 cm³/mol. The Balaban J connectivity index is 1.64. The summed E-state index contributed by atoms with van der Waals surface area (Å²) < 4.78 is 12.3. The summed E-state index contributed by atoms with van der Waals surface area (Å²) in [6.07, 6.45) is 2.25. The largest absolute Gasteiger partial charge is 0.497 e. The molecule has 0 amide bonds. The fraction of sp³-hybridized carbons (Fsp3) is 0.200. The molecule has 2 aromatic carbocycles. The van der Waals surface area contributed by atoms with E-state index in [0.717, 1.165) is 24.2 Å². The first-order valence-corrected chi connectivity index (χ1v) is 8.26. The number of hydrogen-bond acceptors (Lipinski definition) is 4. The van der Waals surface area contributed by atoms with Crippen LogP contribution in [-0.4, -0.2) is 22.9 Å². The SMILES string of the molecule is COc1ccc(OC(=O)c2cc(C3CC3)nn2-c2ccccc2)cc1. The lowest BCUT2D eigenvalue weighted by Gasteiger charge is -2.08. The number of carbonyl (C=O) groups is 1. The van der Waals surface area contributed by atoms with Crippen molar-refractivity contribution in [3.8, 4) is 17.2 Å². The molecule has 0 aliphatic heterocycles. The Labute approximate surface area is 145 Å². The zero-order valence-electron chi connectivity index (χ0n) is 13.9. The van der Waals surface area contributed by atoms with Gasteiger partial charge in [-0.05, 0) is 55.3 Å². The van der Waals surface area contributed by atoms with Gasteiger partial charge in [0.1, 0.15) is 11.5 Å². The van der Waals surface area contributed by atoms with Crippen molar-refractivity contribution < 1.29 is 14.3 Å². The maximum Gasteiger partial charge on any atom is 0.362 e. The van der Waals surface area contributed by atoms with Crippen LogP contribution in [-0.2, 0) is 0 Å². The molecule has 1 saturated carbocycles. The second kappa shape index (κ2) is 6.43. The monoisotopic (exact) mass is 334 g/mol. The van der Waals surface area contributed by atoms with Gasteiger partial charge < -0.3 is 9.47 Å². The summed E-state index contributed by atoms with van der Waals surface area (Å²) in [7, 11) is 1.60. The van der Waals surface area contributed by atoms with Crippen LogP contribution < -0.4 is 9.47 Å². The minimum absolute atomic E-state index is 0.423. The Kier molecular flexibility index (Phi) is 3.98. The number of aromatic nitrogens is 2. The van der Waals surface area contributed by atoms with Gasteiger partial charge in [-0.1, -0.05) is 18.2 Å². The first kappa shape index (κ1) is 15.4. The summed E-state index contributed by atoms with van der Waals surface area (Å²) >= 11 is 0. The third-order valence-corrected chi connectivity index (χ3v) is 4.20. The third kappa shape index (κ3) is 3.26. The zero-order valence-corrected chi connectivity index (χ0v) is 13.9. The molecule has 0 N–H and O–H groups in total. The first-order valence-electron chi connectivity index (χ1n) is 8.26. The number of carbonyl (C=O) groups excluding carboxylic acids is 1. The van der Waals surface area contributed by atoms with Crippen molar-refractivity contribution in [2.24, 2.45) is 0 Å². The van der Waals surface area contributed by atoms with Gasteiger partial charge in [-0.2, -0.15) is 5.10 Å². The lowest BCUT2D eigenvalue weighted by Crippen LogP contribution is -2.14. The zero-order chi connectivity index (χ0) is 17.2. The number of nitrogens with zero attached hydrogens (tertiary/aromatic N) is 2. The molecule has 1 heterocycles. The smallest absolute Gasteiger partial charge is 0.362 e. The average Bonchev–Trinajstić information content (AvgIpc) is 3.41. The molecular formula is C20H18N2O3. The quantitative estimate of drug-likeness (QED) is 0.523. The Morgan fingerprint density at radius 1 is 1.04 bits per heavy atom. The van der Waals surface area contributed by atoms with Crippen molar-refractivity contribution in [1.82, 2.24) is 9.78 Å². The Morgan fingerprint density at radius 3 is 2.36 bits per heavy atom. The minimum Gasteiger partial charge on any atom is -0.497 e. The number of rotatable bonds is 5. The van der Waals surface area contributed by atoms with E-state index in [0.29, 0.717) is 23.1 Å². The summed E-state index contributed by atoms with van der Waals surface area (Å²) in [6.45, 7) is 0. The maximum atomic E-state index is 12.7. The van der Waals surface area contributed by atoms with E-state index in [2.05, 4.69) is 5.10 Å². The molecule has 0 saturated heterocycles. The Morgan fingerprint density at radius 2 is 1.72 bits per heavy atom. The number of hydrogen-bond donors (Lipinski definition) is 0. The first-order chi connectivity index (χ1) is 12.2. The van der Waals surface area contributed by atoms with E-state index in [4.69, 9.17) is 9.47 Å². The molecule has 4 rings (SSSR count). The van der Waals surface area contributed by atoms with Crippen LogP contribution in [0.5, 0.6) is 11.5 Å². The molecule has 5 heteroatoms. The predicted octanol–water partition coefficient (Wildman–Crippen LogP) is 3.98. The van der Waals surface area contributed by atoms with Crippen LogP contribution in [0, 0.1) is 0 Å². The standard InChI is InChI=1S/C20H18N2O3/c1-24-16-9-11-17(12-10-16)25-20(23)19-13-18(14-7-8-14)21-22(19)15-5-3-2-4-6-15/h2-6,9-14H,7-8H2,1H3. The number of methoxy groups -OCH3 is 1. The van der Waals surface area contributed by atoms with Crippen LogP contribution in [0.1, 0.15) is 34.9 Å². The number of para-hydroxylation sites is 1. The average molecular weight is 334 g/mol. The molecule has 1 aliphatic rings. The van der Waals surface area contributed by atoms with Crippen LogP contribution >= 0.6 is 0 Å². The fourth-order valence-electron chi connectivity index (χ4n) is 2.69. The summed E-state index contributed by atoms with van der Waals surface area (Å²) in [4.78, 5) is 12.7. The molecule has 0 spiro atoms. The molecule has 1 aliphatic carbocycles. The van der Waals surface area contributed by atoms with Gasteiger partial charge in [0.05, 0.1) is 18.5 Å². The van der Waals surface area contributed by atoms with Crippen LogP contribution in [0.25, 0.3) is 5.69 Å². The Bertz CT molecular complexity index is 881. The molecule has 25 heavy (non-hydrogen) atoms. The Hall–Kier alpha value is -3.08. The summed E-state index contributed by atoms with van der Waals surface area (Å²) in [5, 5.41) is 4.63. The molecule has 0 unspecified atom stereocenters. The van der Waals surface area contributed by atoms with Gasteiger partial charge in [0.2, 0.25) is 0 Å². The molecule has 1 fully saturated rings. The van der Waals surface area contributed by atoms with Crippen LogP contribution in [0.2, 0.25) is 0 Å². The lowest BCUT2D eigenvalue weighted by molar-refractivity contribution is 0.0725. The summed E-state index contributed by atoms with van der Waals surface area (Å²) in [5.41, 5.74) is 2.23. The molecule has 1 aromatic heterocycles. The number of esters is 1. The van der Waals surface area contributed by atoms with Crippen molar-refractivity contribution >= 4 is 5.97 Å². The van der Waals surface area contributed by atoms with Gasteiger partial charge in [0, 0.05) is 5.92 Å². The minimum atomic E-state index is -0.423. The molecule has 3 aromatic rings. The third-order valence-electron chi connectivity index (χ3n) is 4.20. The summed E-state index contributed by atoms with van der Waals surface area (Å²) in [6, 6.07) is 18.4. The van der Waals surface area contributed by atoms with E-state index < -0.39 is 5.97 Å². The van der Waals surface area contributed by atoms with Crippen molar-refractivity contribution in [3.63, 3.8) is 0 Å². The highest BCUT2D eigenvalue weighted by Gasteiger charge is 2.29. The summed E-state index contributed by atoms with van der Waals surface area (Å²) in [5.74, 6) is 1.22. The van der Waals surface area contributed by atoms with E-state index in [1.807, 2.05) is 36.4 Å². The highest BCUT2D eigenvalue weighted by molar-refractivity contribution is 5.90. The van der Waals surface area contributed by atoms with Gasteiger partial charge in [-0.3, -0.25) is 0 Å². The van der Waals surface area contributed by atoms with Gasteiger partial charge in [-0.15, -0.1) is 0 Å². The second-order valence-corrected chi connectivity index (χ2v) is 6.04. The highest BCUT2D eigenvalue weighted by Crippen LogP contribution is 2.39. The molecule has 0 bridgehead atoms. The molecule has 0 radical (unpaired) electrons. The number of ether oxygens (including phenoxy) is 2. The van der Waals surface area contributed by atoms with E-state index in [1.165, 1.54) is 0 Å². The molecule has 126 valence electrons. The van der Waals surface area contributed by atoms with Crippen molar-refractivity contribution in [2.75, 3.05) is 7.11 Å². The van der Waals surface area contributed by atoms with Gasteiger partial charge in [0.25, 0.3) is 0 Å². The number of benzene rings is 2. The second-order valence-electron chi connectivity index (χ2n) is 6.04. The van der Waals surface area contributed by atoms with Crippen LogP contribution in [0.4, 0.5) is 0 Å². The van der Waals surface area contributed by atoms with Crippen LogP contribution in [0.3, 0.4) is 0 Å². The normalized spacial score (nSPS) is 13.5. The van der Waals surface area contributed by atoms with Gasteiger partial charge in [-0.25, -0.2) is 9.48 Å². The topological polar surface area (TPSA) is 53.4 Å². The van der Waals surface area contributed by atoms with E-state index in [9.17, 15) is 4.79 Å². The fourth-order valence-corrected chi connectivity index (χ4v) is 2.69. The van der Waals surface area contributed by atoms with Crippen molar-refractivity contribution in [3.05, 3.63) is 72.1 Å². The van der Waals surface area contributed by atoms with E-state index >= 15 is 0 Å².